The highest BCUT2D eigenvalue weighted by Crippen LogP contribution is 2.17. The van der Waals surface area contributed by atoms with Crippen molar-refractivity contribution in [3.05, 3.63) is 42.0 Å². The molecule has 0 saturated heterocycles. The maximum Gasteiger partial charge on any atom is 0.147 e. The zero-order chi connectivity index (χ0) is 12.3. The fourth-order valence-electron chi connectivity index (χ4n) is 1.62. The van der Waals surface area contributed by atoms with E-state index in [1.54, 1.807) is 4.68 Å². The molecule has 0 bridgehead atoms. The van der Waals surface area contributed by atoms with Gasteiger partial charge in [-0.2, -0.15) is 5.10 Å². The summed E-state index contributed by atoms with van der Waals surface area (Å²) in [6, 6.07) is 2.76. The van der Waals surface area contributed by atoms with Gasteiger partial charge in [0.05, 0.1) is 0 Å². The molecular weight excluding hydrogens is 223 g/mol. The van der Waals surface area contributed by atoms with E-state index < -0.39 is 11.9 Å². The van der Waals surface area contributed by atoms with Crippen LogP contribution in [0.5, 0.6) is 0 Å². The van der Waals surface area contributed by atoms with Gasteiger partial charge in [0.25, 0.3) is 0 Å². The van der Waals surface area contributed by atoms with E-state index in [-0.39, 0.29) is 12.1 Å². The number of aliphatic hydroxyl groups excluding tert-OH is 1. The van der Waals surface area contributed by atoms with Crippen molar-refractivity contribution in [2.45, 2.75) is 26.0 Å². The van der Waals surface area contributed by atoms with Gasteiger partial charge in [-0.15, -0.1) is 0 Å². The molecule has 90 valence electrons. The van der Waals surface area contributed by atoms with Crippen molar-refractivity contribution in [3.63, 3.8) is 0 Å². The lowest BCUT2D eigenvalue weighted by atomic mass is 10.1. The highest BCUT2D eigenvalue weighted by atomic mass is 19.1. The predicted octanol–water partition coefficient (Wildman–Crippen LogP) is 1.11. The molecule has 5 nitrogen and oxygen atoms in total. The first-order valence-electron chi connectivity index (χ1n) is 5.37. The molecule has 2 aromatic rings. The molecule has 0 spiro atoms. The molecule has 0 aliphatic carbocycles. The first-order valence-corrected chi connectivity index (χ1v) is 5.37. The summed E-state index contributed by atoms with van der Waals surface area (Å²) in [5.41, 5.74) is 0.0400. The van der Waals surface area contributed by atoms with Gasteiger partial charge in [0, 0.05) is 19.2 Å². The van der Waals surface area contributed by atoms with E-state index in [2.05, 4.69) is 15.1 Å². The minimum atomic E-state index is -1.01. The van der Waals surface area contributed by atoms with Crippen LogP contribution in [0.3, 0.4) is 0 Å². The Kier molecular flexibility index (Phi) is 3.43. The van der Waals surface area contributed by atoms with Crippen molar-refractivity contribution >= 4 is 0 Å². The van der Waals surface area contributed by atoms with Gasteiger partial charge in [0.15, 0.2) is 0 Å². The van der Waals surface area contributed by atoms with Crippen LogP contribution in [0.25, 0.3) is 0 Å². The maximum absolute atomic E-state index is 13.4. The highest BCUT2D eigenvalue weighted by Gasteiger charge is 2.17. The Labute approximate surface area is 98.0 Å². The molecule has 0 amide bonds. The van der Waals surface area contributed by atoms with Crippen LogP contribution in [0.15, 0.2) is 24.7 Å². The van der Waals surface area contributed by atoms with Gasteiger partial charge in [0.2, 0.25) is 0 Å². The normalized spacial score (nSPS) is 12.6. The first-order chi connectivity index (χ1) is 8.22. The Balaban J connectivity index is 2.17. The van der Waals surface area contributed by atoms with E-state index in [0.29, 0.717) is 12.4 Å². The molecular formula is C11H13FN4O. The van der Waals surface area contributed by atoms with Gasteiger partial charge in [-0.3, -0.25) is 9.67 Å². The molecule has 2 heterocycles. The number of aliphatic hydroxyl groups is 1. The molecule has 0 radical (unpaired) electrons. The van der Waals surface area contributed by atoms with Crippen LogP contribution in [0.4, 0.5) is 4.39 Å². The van der Waals surface area contributed by atoms with Crippen LogP contribution in [-0.2, 0) is 13.0 Å². The summed E-state index contributed by atoms with van der Waals surface area (Å²) in [7, 11) is 0. The Hall–Kier alpha value is -1.82. The van der Waals surface area contributed by atoms with Crippen LogP contribution in [0.2, 0.25) is 0 Å². The largest absolute Gasteiger partial charge is 0.386 e. The third-order valence-electron chi connectivity index (χ3n) is 2.47. The van der Waals surface area contributed by atoms with Crippen molar-refractivity contribution in [2.24, 2.45) is 0 Å². The Morgan fingerprint density at radius 1 is 1.47 bits per heavy atom. The SMILES string of the molecule is CCn1ncnc1CC(O)c1ncccc1F. The quantitative estimate of drug-likeness (QED) is 0.863. The number of pyridine rings is 1. The van der Waals surface area contributed by atoms with E-state index in [4.69, 9.17) is 0 Å². The molecule has 0 fully saturated rings. The molecule has 0 aromatic carbocycles. The molecule has 0 aliphatic rings. The summed E-state index contributed by atoms with van der Waals surface area (Å²) in [4.78, 5) is 7.86. The lowest BCUT2D eigenvalue weighted by Crippen LogP contribution is -2.11. The van der Waals surface area contributed by atoms with Crippen molar-refractivity contribution in [2.75, 3.05) is 0 Å². The average Bonchev–Trinajstić information content (AvgIpc) is 2.76. The van der Waals surface area contributed by atoms with Crippen LogP contribution in [0.1, 0.15) is 24.5 Å². The monoisotopic (exact) mass is 236 g/mol. The summed E-state index contributed by atoms with van der Waals surface area (Å²) in [5, 5.41) is 13.9. The second kappa shape index (κ2) is 5.01. The number of hydrogen-bond donors (Lipinski definition) is 1. The third-order valence-corrected chi connectivity index (χ3v) is 2.47. The zero-order valence-electron chi connectivity index (χ0n) is 9.41. The lowest BCUT2D eigenvalue weighted by Gasteiger charge is -2.10. The number of hydrogen-bond acceptors (Lipinski definition) is 4. The molecule has 6 heteroatoms. The van der Waals surface area contributed by atoms with Crippen molar-refractivity contribution in [1.82, 2.24) is 19.7 Å². The number of halogens is 1. The fourth-order valence-corrected chi connectivity index (χ4v) is 1.62. The Bertz CT molecular complexity index is 500. The van der Waals surface area contributed by atoms with Gasteiger partial charge in [-0.1, -0.05) is 0 Å². The van der Waals surface area contributed by atoms with Crippen LogP contribution in [0, 0.1) is 5.82 Å². The molecule has 2 rings (SSSR count). The Morgan fingerprint density at radius 2 is 2.29 bits per heavy atom. The van der Waals surface area contributed by atoms with E-state index in [1.807, 2.05) is 6.92 Å². The summed E-state index contributed by atoms with van der Waals surface area (Å²) in [6.45, 7) is 2.58. The molecule has 2 aromatic heterocycles. The molecule has 1 atom stereocenters. The van der Waals surface area contributed by atoms with Crippen molar-refractivity contribution in [1.29, 1.82) is 0 Å². The van der Waals surface area contributed by atoms with Crippen LogP contribution >= 0.6 is 0 Å². The molecule has 1 N–H and O–H groups in total. The number of rotatable bonds is 4. The summed E-state index contributed by atoms with van der Waals surface area (Å²) in [6.07, 6.45) is 2.06. The zero-order valence-corrected chi connectivity index (χ0v) is 9.41. The first kappa shape index (κ1) is 11.7. The molecule has 0 aliphatic heterocycles. The highest BCUT2D eigenvalue weighted by molar-refractivity contribution is 5.11. The minimum absolute atomic E-state index is 0.0400. The van der Waals surface area contributed by atoms with Crippen LogP contribution in [-0.4, -0.2) is 24.9 Å². The number of aryl methyl sites for hydroxylation is 1. The van der Waals surface area contributed by atoms with Gasteiger partial charge < -0.3 is 5.11 Å². The topological polar surface area (TPSA) is 63.8 Å². The molecule has 1 unspecified atom stereocenters. The van der Waals surface area contributed by atoms with Crippen LogP contribution < -0.4 is 0 Å². The van der Waals surface area contributed by atoms with Gasteiger partial charge >= 0.3 is 0 Å². The fraction of sp³-hybridized carbons (Fsp3) is 0.364. The number of aromatic nitrogens is 4. The van der Waals surface area contributed by atoms with E-state index in [9.17, 15) is 9.50 Å². The second-order valence-corrected chi connectivity index (χ2v) is 3.58. The van der Waals surface area contributed by atoms with Gasteiger partial charge in [-0.25, -0.2) is 9.37 Å². The standard InChI is InChI=1S/C11H13FN4O/c1-2-16-10(14-7-15-16)6-9(17)11-8(12)4-3-5-13-11/h3-5,7,9,17H,2,6H2,1H3. The molecule has 17 heavy (non-hydrogen) atoms. The Morgan fingerprint density at radius 3 is 3.00 bits per heavy atom. The maximum atomic E-state index is 13.4. The van der Waals surface area contributed by atoms with Gasteiger partial charge in [-0.05, 0) is 19.1 Å². The summed E-state index contributed by atoms with van der Waals surface area (Å²) >= 11 is 0. The molecule has 0 saturated carbocycles. The van der Waals surface area contributed by atoms with Gasteiger partial charge in [0.1, 0.15) is 29.8 Å². The van der Waals surface area contributed by atoms with E-state index in [0.717, 1.165) is 0 Å². The number of nitrogens with zero attached hydrogens (tertiary/aromatic N) is 4. The lowest BCUT2D eigenvalue weighted by molar-refractivity contribution is 0.164. The van der Waals surface area contributed by atoms with E-state index in [1.165, 1.54) is 24.7 Å². The smallest absolute Gasteiger partial charge is 0.147 e. The predicted molar refractivity (Wildman–Crippen MR) is 58.6 cm³/mol. The van der Waals surface area contributed by atoms with E-state index >= 15 is 0 Å². The van der Waals surface area contributed by atoms with Crippen molar-refractivity contribution < 1.29 is 9.50 Å². The average molecular weight is 236 g/mol. The summed E-state index contributed by atoms with van der Waals surface area (Å²) < 4.78 is 15.0. The second-order valence-electron chi connectivity index (χ2n) is 3.58. The summed E-state index contributed by atoms with van der Waals surface area (Å²) in [5.74, 6) is 0.104. The van der Waals surface area contributed by atoms with Crippen molar-refractivity contribution in [3.8, 4) is 0 Å². The third kappa shape index (κ3) is 2.47. The minimum Gasteiger partial charge on any atom is -0.386 e.